The van der Waals surface area contributed by atoms with Crippen molar-refractivity contribution in [3.8, 4) is 5.69 Å². The Balaban J connectivity index is 2.15. The third kappa shape index (κ3) is 4.07. The Morgan fingerprint density at radius 2 is 1.96 bits per heavy atom. The van der Waals surface area contributed by atoms with Gasteiger partial charge in [0.05, 0.1) is 5.69 Å². The van der Waals surface area contributed by atoms with Gasteiger partial charge in [0.25, 0.3) is 5.91 Å². The number of hydrogen-bond donors (Lipinski definition) is 2. The van der Waals surface area contributed by atoms with Crippen LogP contribution in [0.15, 0.2) is 24.3 Å². The smallest absolute Gasteiger partial charge is 0.291 e. The van der Waals surface area contributed by atoms with Crippen LogP contribution in [0.25, 0.3) is 5.69 Å². The molecule has 0 spiro atoms. The number of nitrogens with one attached hydrogen (secondary N) is 2. The van der Waals surface area contributed by atoms with Crippen molar-refractivity contribution in [2.24, 2.45) is 0 Å². The average molecular weight is 336 g/mol. The zero-order valence-electron chi connectivity index (χ0n) is 13.1. The molecule has 0 saturated carbocycles. The Bertz CT molecular complexity index is 711. The molecule has 0 fully saturated rings. The van der Waals surface area contributed by atoms with Gasteiger partial charge in [-0.2, -0.15) is 0 Å². The van der Waals surface area contributed by atoms with Crippen LogP contribution >= 0.6 is 11.6 Å². The van der Waals surface area contributed by atoms with Crippen molar-refractivity contribution in [2.75, 3.05) is 6.54 Å². The Kier molecular flexibility index (Phi) is 5.33. The molecule has 122 valence electrons. The lowest BCUT2D eigenvalue weighted by Gasteiger charge is -2.11. The zero-order valence-corrected chi connectivity index (χ0v) is 13.9. The first kappa shape index (κ1) is 17.0. The van der Waals surface area contributed by atoms with Crippen molar-refractivity contribution in [3.63, 3.8) is 0 Å². The van der Waals surface area contributed by atoms with Gasteiger partial charge in [0.15, 0.2) is 0 Å². The maximum absolute atomic E-state index is 12.2. The largest absolute Gasteiger partial charge is 0.355 e. The van der Waals surface area contributed by atoms with E-state index in [0.29, 0.717) is 17.4 Å². The summed E-state index contributed by atoms with van der Waals surface area (Å²) in [5.41, 5.74) is 0.746. The molecule has 2 amide bonds. The summed E-state index contributed by atoms with van der Waals surface area (Å²) >= 11 is 5.86. The first-order valence-corrected chi connectivity index (χ1v) is 7.58. The first-order chi connectivity index (χ1) is 10.9. The van der Waals surface area contributed by atoms with Crippen molar-refractivity contribution in [1.29, 1.82) is 0 Å². The molecule has 0 aliphatic rings. The van der Waals surface area contributed by atoms with Crippen LogP contribution in [-0.4, -0.2) is 39.2 Å². The SMILES string of the molecule is CCNC(=O)C(C)NC(=O)c1nc(C)n(-c2ccc(Cl)cc2)n1. The van der Waals surface area contributed by atoms with Gasteiger partial charge in [0.1, 0.15) is 11.9 Å². The van der Waals surface area contributed by atoms with Crippen molar-refractivity contribution in [3.05, 3.63) is 40.9 Å². The summed E-state index contributed by atoms with van der Waals surface area (Å²) in [5.74, 6) is -0.189. The van der Waals surface area contributed by atoms with Crippen molar-refractivity contribution < 1.29 is 9.59 Å². The molecule has 1 heterocycles. The van der Waals surface area contributed by atoms with E-state index in [0.717, 1.165) is 5.69 Å². The molecule has 1 unspecified atom stereocenters. The molecule has 2 N–H and O–H groups in total. The number of hydrogen-bond acceptors (Lipinski definition) is 4. The number of likely N-dealkylation sites (N-methyl/N-ethyl adjacent to an activating group) is 1. The molecule has 23 heavy (non-hydrogen) atoms. The van der Waals surface area contributed by atoms with Crippen molar-refractivity contribution in [2.45, 2.75) is 26.8 Å². The Hall–Kier alpha value is -2.41. The fourth-order valence-corrected chi connectivity index (χ4v) is 2.09. The molecule has 0 bridgehead atoms. The quantitative estimate of drug-likeness (QED) is 0.866. The van der Waals surface area contributed by atoms with E-state index in [-0.39, 0.29) is 11.7 Å². The number of halogens is 1. The predicted octanol–water partition coefficient (Wildman–Crippen LogP) is 1.48. The summed E-state index contributed by atoms with van der Waals surface area (Å²) in [4.78, 5) is 28.0. The molecule has 1 atom stereocenters. The number of aromatic nitrogens is 3. The summed E-state index contributed by atoms with van der Waals surface area (Å²) in [6, 6.07) is 6.36. The van der Waals surface area contributed by atoms with Gasteiger partial charge in [-0.15, -0.1) is 5.10 Å². The summed E-state index contributed by atoms with van der Waals surface area (Å²) in [6.07, 6.45) is 0. The number of rotatable bonds is 5. The number of benzene rings is 1. The summed E-state index contributed by atoms with van der Waals surface area (Å²) < 4.78 is 1.54. The Morgan fingerprint density at radius 3 is 2.57 bits per heavy atom. The van der Waals surface area contributed by atoms with E-state index >= 15 is 0 Å². The van der Waals surface area contributed by atoms with E-state index in [4.69, 9.17) is 11.6 Å². The molecule has 8 heteroatoms. The van der Waals surface area contributed by atoms with Crippen LogP contribution in [0.3, 0.4) is 0 Å². The van der Waals surface area contributed by atoms with Crippen LogP contribution in [0.2, 0.25) is 5.02 Å². The minimum absolute atomic E-state index is 0.00796. The molecule has 2 rings (SSSR count). The number of nitrogens with zero attached hydrogens (tertiary/aromatic N) is 3. The second-order valence-corrected chi connectivity index (χ2v) is 5.40. The van der Waals surface area contributed by atoms with Gasteiger partial charge >= 0.3 is 0 Å². The Labute approximate surface area is 139 Å². The second-order valence-electron chi connectivity index (χ2n) is 4.96. The van der Waals surface area contributed by atoms with Crippen LogP contribution in [-0.2, 0) is 4.79 Å². The molecular formula is C15H18ClN5O2. The molecule has 0 aliphatic heterocycles. The lowest BCUT2D eigenvalue weighted by Crippen LogP contribution is -2.45. The molecular weight excluding hydrogens is 318 g/mol. The third-order valence-electron chi connectivity index (χ3n) is 3.14. The number of carbonyl (C=O) groups is 2. The van der Waals surface area contributed by atoms with E-state index in [1.807, 2.05) is 6.92 Å². The van der Waals surface area contributed by atoms with Crippen LogP contribution in [0.5, 0.6) is 0 Å². The first-order valence-electron chi connectivity index (χ1n) is 7.20. The average Bonchev–Trinajstić information content (AvgIpc) is 2.90. The number of amides is 2. The highest BCUT2D eigenvalue weighted by molar-refractivity contribution is 6.30. The van der Waals surface area contributed by atoms with Gasteiger partial charge in [-0.05, 0) is 45.0 Å². The van der Waals surface area contributed by atoms with Gasteiger partial charge in [-0.1, -0.05) is 11.6 Å². The summed E-state index contributed by atoms with van der Waals surface area (Å²) in [5, 5.41) is 10.0. The second kappa shape index (κ2) is 7.23. The Morgan fingerprint density at radius 1 is 1.30 bits per heavy atom. The van der Waals surface area contributed by atoms with E-state index in [1.54, 1.807) is 42.8 Å². The maximum atomic E-state index is 12.2. The van der Waals surface area contributed by atoms with E-state index in [9.17, 15) is 9.59 Å². The van der Waals surface area contributed by atoms with Gasteiger partial charge in [0.2, 0.25) is 11.7 Å². The van der Waals surface area contributed by atoms with Crippen LogP contribution < -0.4 is 10.6 Å². The fourth-order valence-electron chi connectivity index (χ4n) is 1.97. The van der Waals surface area contributed by atoms with Crippen LogP contribution in [0, 0.1) is 6.92 Å². The van der Waals surface area contributed by atoms with Gasteiger partial charge in [-0.25, -0.2) is 9.67 Å². The van der Waals surface area contributed by atoms with E-state index in [2.05, 4.69) is 20.7 Å². The predicted molar refractivity (Wildman–Crippen MR) is 86.7 cm³/mol. The zero-order chi connectivity index (χ0) is 17.0. The molecule has 1 aromatic carbocycles. The molecule has 7 nitrogen and oxygen atoms in total. The maximum Gasteiger partial charge on any atom is 0.291 e. The van der Waals surface area contributed by atoms with Gasteiger partial charge in [-0.3, -0.25) is 9.59 Å². The highest BCUT2D eigenvalue weighted by Gasteiger charge is 2.20. The lowest BCUT2D eigenvalue weighted by molar-refractivity contribution is -0.122. The fraction of sp³-hybridized carbons (Fsp3) is 0.333. The molecule has 1 aromatic heterocycles. The number of carbonyl (C=O) groups excluding carboxylic acids is 2. The topological polar surface area (TPSA) is 88.9 Å². The van der Waals surface area contributed by atoms with Crippen molar-refractivity contribution >= 4 is 23.4 Å². The van der Waals surface area contributed by atoms with E-state index < -0.39 is 11.9 Å². The number of aryl methyl sites for hydroxylation is 1. The molecule has 0 aliphatic carbocycles. The molecule has 0 saturated heterocycles. The molecule has 2 aromatic rings. The van der Waals surface area contributed by atoms with Gasteiger partial charge < -0.3 is 10.6 Å². The lowest BCUT2D eigenvalue weighted by atomic mass is 10.3. The monoisotopic (exact) mass is 335 g/mol. The van der Waals surface area contributed by atoms with Gasteiger partial charge in [0, 0.05) is 11.6 Å². The molecule has 0 radical (unpaired) electrons. The summed E-state index contributed by atoms with van der Waals surface area (Å²) in [6.45, 7) is 5.66. The third-order valence-corrected chi connectivity index (χ3v) is 3.39. The van der Waals surface area contributed by atoms with E-state index in [1.165, 1.54) is 0 Å². The van der Waals surface area contributed by atoms with Crippen LogP contribution in [0.4, 0.5) is 0 Å². The normalized spacial score (nSPS) is 11.8. The van der Waals surface area contributed by atoms with Crippen molar-refractivity contribution in [1.82, 2.24) is 25.4 Å². The standard InChI is InChI=1S/C15H18ClN5O2/c1-4-17-14(22)9(2)18-15(23)13-19-10(3)21(20-13)12-7-5-11(16)6-8-12/h5-9H,4H2,1-3H3,(H,17,22)(H,18,23). The minimum Gasteiger partial charge on any atom is -0.355 e. The minimum atomic E-state index is -0.662. The highest BCUT2D eigenvalue weighted by Crippen LogP contribution is 2.14. The summed E-state index contributed by atoms with van der Waals surface area (Å²) in [7, 11) is 0. The highest BCUT2D eigenvalue weighted by atomic mass is 35.5. The van der Waals surface area contributed by atoms with Crippen LogP contribution in [0.1, 0.15) is 30.3 Å².